The number of hydrogen-bond acceptors (Lipinski definition) is 14. The highest BCUT2D eigenvalue weighted by molar-refractivity contribution is 5.85. The topological polar surface area (TPSA) is 242 Å². The molecule has 17 atom stereocenters. The molecule has 7 rings (SSSR count). The van der Waals surface area contributed by atoms with Gasteiger partial charge in [-0.05, 0) is 81.6 Å². The molecule has 282 valence electrons. The average molecular weight is 713 g/mol. The van der Waals surface area contributed by atoms with Crippen molar-refractivity contribution in [3.63, 3.8) is 0 Å². The van der Waals surface area contributed by atoms with Crippen molar-refractivity contribution in [2.45, 2.75) is 151 Å². The van der Waals surface area contributed by atoms with E-state index in [1.807, 2.05) is 0 Å². The van der Waals surface area contributed by atoms with Gasteiger partial charge in [0.15, 0.2) is 12.6 Å². The highest BCUT2D eigenvalue weighted by Gasteiger charge is 2.73. The number of hydrogen-bond donors (Lipinski definition) is 8. The lowest BCUT2D eigenvalue weighted by Gasteiger charge is -2.65. The molecule has 0 aromatic heterocycles. The Morgan fingerprint density at radius 1 is 0.940 bits per heavy atom. The molecule has 0 radical (unpaired) electrons. The van der Waals surface area contributed by atoms with E-state index in [1.165, 1.54) is 6.08 Å². The Balaban J connectivity index is 1.02. The van der Waals surface area contributed by atoms with E-state index in [-0.39, 0.29) is 50.1 Å². The van der Waals surface area contributed by atoms with Crippen LogP contribution in [0.5, 0.6) is 0 Å². The highest BCUT2D eigenvalue weighted by atomic mass is 16.7. The predicted octanol–water partition coefficient (Wildman–Crippen LogP) is -0.511. The largest absolute Gasteiger partial charge is 0.481 e. The van der Waals surface area contributed by atoms with Crippen molar-refractivity contribution in [1.82, 2.24) is 0 Å². The molecule has 2 saturated heterocycles. The third-order valence-electron chi connectivity index (χ3n) is 14.0. The number of carbonyl (C=O) groups excluding carboxylic acids is 1. The maximum Gasteiger partial charge on any atom is 0.331 e. The van der Waals surface area contributed by atoms with Crippen LogP contribution in [0, 0.1) is 28.6 Å². The molecule has 7 aliphatic rings. The first-order valence-electron chi connectivity index (χ1n) is 18.1. The number of aliphatic carboxylic acids is 1. The molecule has 0 amide bonds. The number of carboxylic acids is 1. The fraction of sp³-hybridized carbons (Fsp3) is 0.886. The number of rotatable bonds is 7. The van der Waals surface area contributed by atoms with E-state index in [2.05, 4.69) is 6.92 Å². The van der Waals surface area contributed by atoms with Gasteiger partial charge in [-0.25, -0.2) is 4.79 Å². The van der Waals surface area contributed by atoms with Gasteiger partial charge in [0.1, 0.15) is 37.1 Å². The van der Waals surface area contributed by atoms with Crippen LogP contribution in [0.25, 0.3) is 0 Å². The van der Waals surface area contributed by atoms with Crippen LogP contribution >= 0.6 is 0 Å². The van der Waals surface area contributed by atoms with E-state index < -0.39 is 102 Å². The Kier molecular flexibility index (Phi) is 9.49. The molecule has 3 heterocycles. The van der Waals surface area contributed by atoms with Gasteiger partial charge in [0.05, 0.1) is 41.5 Å². The Morgan fingerprint density at radius 2 is 1.68 bits per heavy atom. The van der Waals surface area contributed by atoms with E-state index in [4.69, 9.17) is 23.7 Å². The van der Waals surface area contributed by atoms with Crippen molar-refractivity contribution in [2.24, 2.45) is 28.6 Å². The SMILES string of the molecule is C[C@H]1O[C@@H](O[C@H]2CC[C@]3(C(=O)O)[C@H]4CC[C@]5(C)[C@@H](C6=CC(=O)OC6)CC[C@]5(O)[C@H]4CC[C@]3(O)C2)C[C@@H](O)[C@@H]1O[C@H]1O[C@@H](CO)[C@H](O)[C@@H](O)[C@@H]1O. The third-order valence-corrected chi connectivity index (χ3v) is 14.0. The smallest absolute Gasteiger partial charge is 0.331 e. The molecular formula is C35H52O15. The Morgan fingerprint density at radius 3 is 2.34 bits per heavy atom. The van der Waals surface area contributed by atoms with Gasteiger partial charge < -0.3 is 64.5 Å². The number of carbonyl (C=O) groups is 2. The van der Waals surface area contributed by atoms with Crippen LogP contribution < -0.4 is 0 Å². The number of esters is 1. The second-order valence-corrected chi connectivity index (χ2v) is 16.2. The van der Waals surface area contributed by atoms with Gasteiger partial charge in [0, 0.05) is 24.3 Å². The summed E-state index contributed by atoms with van der Waals surface area (Å²) in [6, 6.07) is 0. The van der Waals surface area contributed by atoms with Crippen LogP contribution in [-0.4, -0.2) is 139 Å². The minimum absolute atomic E-state index is 0.0407. The van der Waals surface area contributed by atoms with Gasteiger partial charge in [-0.2, -0.15) is 0 Å². The summed E-state index contributed by atoms with van der Waals surface area (Å²) in [5.41, 5.74) is -3.90. The van der Waals surface area contributed by atoms with Crippen LogP contribution in [-0.2, 0) is 33.3 Å². The summed E-state index contributed by atoms with van der Waals surface area (Å²) in [5.74, 6) is -2.28. The molecule has 0 aromatic rings. The van der Waals surface area contributed by atoms with Crippen LogP contribution in [0.3, 0.4) is 0 Å². The van der Waals surface area contributed by atoms with Crippen LogP contribution in [0.1, 0.15) is 78.1 Å². The van der Waals surface area contributed by atoms with Crippen LogP contribution in [0.15, 0.2) is 11.6 Å². The summed E-state index contributed by atoms with van der Waals surface area (Å²) < 4.78 is 28.7. The van der Waals surface area contributed by atoms with Crippen LogP contribution in [0.2, 0.25) is 0 Å². The third kappa shape index (κ3) is 5.41. The summed E-state index contributed by atoms with van der Waals surface area (Å²) in [4.78, 5) is 25.2. The molecule has 50 heavy (non-hydrogen) atoms. The van der Waals surface area contributed by atoms with Gasteiger partial charge in [-0.3, -0.25) is 4.79 Å². The lowest BCUT2D eigenvalue weighted by atomic mass is 9.41. The first-order valence-corrected chi connectivity index (χ1v) is 18.1. The van der Waals surface area contributed by atoms with E-state index in [1.54, 1.807) is 6.92 Å². The first-order chi connectivity index (χ1) is 23.6. The standard InChI is InChI=1S/C35H52O15/c1-16-29(50-30-28(41)27(40)26(39)23(14-36)49-30)22(37)12-25(47-16)48-18-3-9-34(31(42)43)20-4-7-32(2)19(17-11-24(38)46-15-17)6-10-35(32,45)21(20)5-8-33(34,44)13-18/h11,16,18-23,25-30,36-37,39-41,44-45H,3-10,12-15H2,1-2H3,(H,42,43)/t16-,18+,19-,20+,21+,22-,23+,25+,26+,27-,28+,29-,30-,32-,33+,34-,35+/m1/s1. The number of aliphatic hydroxyl groups excluding tert-OH is 5. The van der Waals surface area contributed by atoms with Crippen molar-refractivity contribution in [1.29, 1.82) is 0 Å². The normalized spacial score (nSPS) is 53.5. The molecule has 0 aromatic carbocycles. The maximum absolute atomic E-state index is 13.4. The number of cyclic esters (lactones) is 1. The average Bonchev–Trinajstić information content (AvgIpc) is 3.61. The number of carboxylic acid groups (broad SMARTS) is 1. The summed E-state index contributed by atoms with van der Waals surface area (Å²) in [6.07, 6.45) is -7.06. The summed E-state index contributed by atoms with van der Waals surface area (Å²) in [5, 5.41) is 86.8. The van der Waals surface area contributed by atoms with Crippen molar-refractivity contribution < 1.29 is 74.1 Å². The number of fused-ring (bicyclic) bond motifs is 5. The molecule has 4 saturated carbocycles. The zero-order valence-corrected chi connectivity index (χ0v) is 28.5. The first kappa shape index (κ1) is 36.6. The monoisotopic (exact) mass is 712 g/mol. The molecule has 0 spiro atoms. The Bertz CT molecular complexity index is 1340. The summed E-state index contributed by atoms with van der Waals surface area (Å²) in [7, 11) is 0. The summed E-state index contributed by atoms with van der Waals surface area (Å²) >= 11 is 0. The molecule has 4 aliphatic carbocycles. The van der Waals surface area contributed by atoms with Crippen molar-refractivity contribution in [3.05, 3.63) is 11.6 Å². The lowest BCUT2D eigenvalue weighted by molar-refractivity contribution is -0.345. The molecule has 15 heteroatoms. The Hall–Kier alpha value is -1.76. The van der Waals surface area contributed by atoms with Gasteiger partial charge in [-0.15, -0.1) is 0 Å². The second kappa shape index (κ2) is 13.0. The number of aliphatic hydroxyl groups is 7. The lowest BCUT2D eigenvalue weighted by Crippen LogP contribution is -2.70. The number of ether oxygens (including phenoxy) is 5. The fourth-order valence-corrected chi connectivity index (χ4v) is 11.4. The van der Waals surface area contributed by atoms with Crippen molar-refractivity contribution in [3.8, 4) is 0 Å². The zero-order valence-electron chi connectivity index (χ0n) is 28.5. The van der Waals surface area contributed by atoms with Gasteiger partial charge in [-0.1, -0.05) is 6.92 Å². The quantitative estimate of drug-likeness (QED) is 0.122. The zero-order chi connectivity index (χ0) is 36.0. The molecule has 0 unspecified atom stereocenters. The molecule has 3 aliphatic heterocycles. The van der Waals surface area contributed by atoms with E-state index in [0.29, 0.717) is 38.5 Å². The fourth-order valence-electron chi connectivity index (χ4n) is 11.4. The van der Waals surface area contributed by atoms with Gasteiger partial charge >= 0.3 is 11.9 Å². The highest BCUT2D eigenvalue weighted by Crippen LogP contribution is 2.71. The minimum Gasteiger partial charge on any atom is -0.481 e. The van der Waals surface area contributed by atoms with E-state index >= 15 is 0 Å². The van der Waals surface area contributed by atoms with E-state index in [0.717, 1.165) is 5.57 Å². The van der Waals surface area contributed by atoms with Gasteiger partial charge in [0.25, 0.3) is 0 Å². The minimum atomic E-state index is -1.65. The Labute approximate surface area is 290 Å². The second-order valence-electron chi connectivity index (χ2n) is 16.2. The van der Waals surface area contributed by atoms with Crippen molar-refractivity contribution >= 4 is 11.9 Å². The molecule has 6 fully saturated rings. The molecule has 0 bridgehead atoms. The van der Waals surface area contributed by atoms with Gasteiger partial charge in [0.2, 0.25) is 0 Å². The predicted molar refractivity (Wildman–Crippen MR) is 168 cm³/mol. The van der Waals surface area contributed by atoms with Crippen molar-refractivity contribution in [2.75, 3.05) is 13.2 Å². The van der Waals surface area contributed by atoms with Crippen LogP contribution in [0.4, 0.5) is 0 Å². The molecular weight excluding hydrogens is 660 g/mol. The van der Waals surface area contributed by atoms with E-state index in [9.17, 15) is 50.4 Å². The maximum atomic E-state index is 13.4. The molecule has 8 N–H and O–H groups in total. The molecule has 15 nitrogen and oxygen atoms in total. The summed E-state index contributed by atoms with van der Waals surface area (Å²) in [6.45, 7) is 3.27.